The molecule has 0 fully saturated rings. The van der Waals surface area contributed by atoms with E-state index in [1.165, 1.54) is 0 Å². The molecule has 0 amide bonds. The lowest BCUT2D eigenvalue weighted by atomic mass is 10.1. The molecule has 3 nitrogen and oxygen atoms in total. The molecule has 0 saturated carbocycles. The van der Waals surface area contributed by atoms with Gasteiger partial charge >= 0.3 is 0 Å². The second-order valence-corrected chi connectivity index (χ2v) is 6.28. The molecule has 0 aliphatic heterocycles. The summed E-state index contributed by atoms with van der Waals surface area (Å²) in [7, 11) is 0. The topological polar surface area (TPSA) is 48.1 Å². The number of rotatable bonds is 3. The minimum atomic E-state index is 0.376. The van der Waals surface area contributed by atoms with E-state index >= 15 is 0 Å². The fourth-order valence-electron chi connectivity index (χ4n) is 2.09. The van der Waals surface area contributed by atoms with Gasteiger partial charge in [-0.1, -0.05) is 28.1 Å². The normalized spacial score (nSPS) is 10.8. The van der Waals surface area contributed by atoms with Crippen LogP contribution >= 0.6 is 31.9 Å². The maximum atomic E-state index is 6.11. The van der Waals surface area contributed by atoms with Crippen molar-refractivity contribution in [3.05, 3.63) is 63.2 Å². The van der Waals surface area contributed by atoms with Crippen LogP contribution in [0.4, 0.5) is 0 Å². The van der Waals surface area contributed by atoms with Gasteiger partial charge in [0.1, 0.15) is 11.5 Å². The van der Waals surface area contributed by atoms with Gasteiger partial charge in [-0.05, 0) is 46.3 Å². The van der Waals surface area contributed by atoms with Gasteiger partial charge in [0, 0.05) is 28.2 Å². The van der Waals surface area contributed by atoms with Crippen molar-refractivity contribution >= 4 is 42.8 Å². The highest BCUT2D eigenvalue weighted by Gasteiger charge is 2.12. The largest absolute Gasteiger partial charge is 0.455 e. The first-order valence-electron chi connectivity index (χ1n) is 6.38. The van der Waals surface area contributed by atoms with Gasteiger partial charge in [0.15, 0.2) is 0 Å². The summed E-state index contributed by atoms with van der Waals surface area (Å²) < 4.78 is 7.97. The molecule has 2 N–H and O–H groups in total. The van der Waals surface area contributed by atoms with Gasteiger partial charge in [-0.3, -0.25) is 4.98 Å². The summed E-state index contributed by atoms with van der Waals surface area (Å²) in [4.78, 5) is 4.41. The summed E-state index contributed by atoms with van der Waals surface area (Å²) in [5, 5.41) is 0.954. The molecule has 0 aliphatic carbocycles. The first-order chi connectivity index (χ1) is 10.2. The summed E-state index contributed by atoms with van der Waals surface area (Å²) in [6, 6.07) is 13.7. The molecular formula is C16H12Br2N2O. The molecular weight excluding hydrogens is 396 g/mol. The van der Waals surface area contributed by atoms with Crippen LogP contribution in [0, 0.1) is 0 Å². The highest BCUT2D eigenvalue weighted by Crippen LogP contribution is 2.36. The van der Waals surface area contributed by atoms with E-state index < -0.39 is 0 Å². The lowest BCUT2D eigenvalue weighted by Crippen LogP contribution is -2.01. The molecule has 2 aromatic carbocycles. The smallest absolute Gasteiger partial charge is 0.142 e. The molecule has 3 rings (SSSR count). The average molecular weight is 408 g/mol. The number of ether oxygens (including phenoxy) is 1. The van der Waals surface area contributed by atoms with Crippen LogP contribution in [0.25, 0.3) is 10.9 Å². The van der Waals surface area contributed by atoms with E-state index in [9.17, 15) is 0 Å². The number of aromatic nitrogens is 1. The molecule has 1 heterocycles. The van der Waals surface area contributed by atoms with E-state index in [0.717, 1.165) is 36.9 Å². The Balaban J connectivity index is 2.14. The van der Waals surface area contributed by atoms with Crippen LogP contribution in [0.1, 0.15) is 5.56 Å². The van der Waals surface area contributed by atoms with Crippen LogP contribution in [-0.4, -0.2) is 4.98 Å². The lowest BCUT2D eigenvalue weighted by molar-refractivity contribution is 0.478. The number of pyridine rings is 1. The Labute approximate surface area is 139 Å². The molecule has 0 saturated heterocycles. The highest BCUT2D eigenvalue weighted by atomic mass is 79.9. The summed E-state index contributed by atoms with van der Waals surface area (Å²) in [5.74, 6) is 1.50. The van der Waals surface area contributed by atoms with Gasteiger partial charge < -0.3 is 10.5 Å². The molecule has 0 aliphatic rings. The standard InChI is InChI=1S/C16H12Br2N2O/c17-11-5-6-15(13(18)7-11)21-16-10(8-19)9-20-14-4-2-1-3-12(14)16/h1-7,9H,8,19H2. The second-order valence-electron chi connectivity index (χ2n) is 4.51. The van der Waals surface area contributed by atoms with Crippen molar-refractivity contribution in [2.75, 3.05) is 0 Å². The third kappa shape index (κ3) is 2.95. The van der Waals surface area contributed by atoms with E-state index in [0.29, 0.717) is 6.54 Å². The first-order valence-corrected chi connectivity index (χ1v) is 7.97. The predicted octanol–water partition coefficient (Wildman–Crippen LogP) is 5.01. The molecule has 0 radical (unpaired) electrons. The maximum absolute atomic E-state index is 6.11. The fraction of sp³-hybridized carbons (Fsp3) is 0.0625. The summed E-state index contributed by atoms with van der Waals surface area (Å²) in [6.07, 6.45) is 1.77. The van der Waals surface area contributed by atoms with E-state index in [-0.39, 0.29) is 0 Å². The van der Waals surface area contributed by atoms with Crippen LogP contribution in [0.15, 0.2) is 57.6 Å². The monoisotopic (exact) mass is 406 g/mol. The van der Waals surface area contributed by atoms with Crippen molar-refractivity contribution in [2.45, 2.75) is 6.54 Å². The Morgan fingerprint density at radius 2 is 1.90 bits per heavy atom. The van der Waals surface area contributed by atoms with Crippen molar-refractivity contribution in [2.24, 2.45) is 5.73 Å². The number of hydrogen-bond acceptors (Lipinski definition) is 3. The molecule has 0 atom stereocenters. The van der Waals surface area contributed by atoms with Crippen LogP contribution in [0.5, 0.6) is 11.5 Å². The number of nitrogens with zero attached hydrogens (tertiary/aromatic N) is 1. The molecule has 0 spiro atoms. The zero-order valence-corrected chi connectivity index (χ0v) is 14.2. The van der Waals surface area contributed by atoms with Gasteiger partial charge in [-0.2, -0.15) is 0 Å². The quantitative estimate of drug-likeness (QED) is 0.663. The Morgan fingerprint density at radius 3 is 2.67 bits per heavy atom. The van der Waals surface area contributed by atoms with Crippen LogP contribution in [0.3, 0.4) is 0 Å². The third-order valence-electron chi connectivity index (χ3n) is 3.13. The van der Waals surface area contributed by atoms with Crippen LogP contribution in [-0.2, 0) is 6.54 Å². The van der Waals surface area contributed by atoms with E-state index in [1.54, 1.807) is 6.20 Å². The van der Waals surface area contributed by atoms with Crippen molar-refractivity contribution in [3.8, 4) is 11.5 Å². The van der Waals surface area contributed by atoms with Crippen molar-refractivity contribution in [1.29, 1.82) is 0 Å². The number of benzene rings is 2. The number of para-hydroxylation sites is 1. The average Bonchev–Trinajstić information content (AvgIpc) is 2.50. The summed E-state index contributed by atoms with van der Waals surface area (Å²) >= 11 is 6.95. The second kappa shape index (κ2) is 6.13. The van der Waals surface area contributed by atoms with Crippen molar-refractivity contribution < 1.29 is 4.74 Å². The summed E-state index contributed by atoms with van der Waals surface area (Å²) in [5.41, 5.74) is 7.58. The molecule has 21 heavy (non-hydrogen) atoms. The van der Waals surface area contributed by atoms with E-state index in [1.807, 2.05) is 42.5 Å². The van der Waals surface area contributed by atoms with E-state index in [4.69, 9.17) is 10.5 Å². The lowest BCUT2D eigenvalue weighted by Gasteiger charge is -2.14. The predicted molar refractivity (Wildman–Crippen MR) is 91.6 cm³/mol. The first kappa shape index (κ1) is 14.5. The van der Waals surface area contributed by atoms with Gasteiger partial charge in [-0.15, -0.1) is 0 Å². The number of fused-ring (bicyclic) bond motifs is 1. The minimum Gasteiger partial charge on any atom is -0.455 e. The van der Waals surface area contributed by atoms with E-state index in [2.05, 4.69) is 36.8 Å². The minimum absolute atomic E-state index is 0.376. The van der Waals surface area contributed by atoms with Crippen molar-refractivity contribution in [3.63, 3.8) is 0 Å². The molecule has 0 bridgehead atoms. The fourth-order valence-corrected chi connectivity index (χ4v) is 3.22. The molecule has 0 unspecified atom stereocenters. The third-order valence-corrected chi connectivity index (χ3v) is 4.24. The van der Waals surface area contributed by atoms with Gasteiger partial charge in [-0.25, -0.2) is 0 Å². The number of nitrogens with two attached hydrogens (primary N) is 1. The van der Waals surface area contributed by atoms with Gasteiger partial charge in [0.05, 0.1) is 9.99 Å². The molecule has 5 heteroatoms. The number of halogens is 2. The zero-order chi connectivity index (χ0) is 14.8. The highest BCUT2D eigenvalue weighted by molar-refractivity contribution is 9.11. The number of hydrogen-bond donors (Lipinski definition) is 1. The molecule has 1 aromatic heterocycles. The van der Waals surface area contributed by atoms with Gasteiger partial charge in [0.2, 0.25) is 0 Å². The Morgan fingerprint density at radius 1 is 1.10 bits per heavy atom. The van der Waals surface area contributed by atoms with Crippen LogP contribution in [0.2, 0.25) is 0 Å². The summed E-state index contributed by atoms with van der Waals surface area (Å²) in [6.45, 7) is 0.376. The Bertz CT molecular complexity index is 805. The van der Waals surface area contributed by atoms with Gasteiger partial charge in [0.25, 0.3) is 0 Å². The Hall–Kier alpha value is -1.43. The zero-order valence-electron chi connectivity index (χ0n) is 11.0. The molecule has 106 valence electrons. The van der Waals surface area contributed by atoms with Crippen LogP contribution < -0.4 is 10.5 Å². The maximum Gasteiger partial charge on any atom is 0.142 e. The SMILES string of the molecule is NCc1cnc2ccccc2c1Oc1ccc(Br)cc1Br. The molecule has 3 aromatic rings. The Kier molecular flexibility index (Phi) is 4.24. The van der Waals surface area contributed by atoms with Crippen molar-refractivity contribution in [1.82, 2.24) is 4.98 Å².